The van der Waals surface area contributed by atoms with Crippen LogP contribution in [0, 0.1) is 6.92 Å². The number of aromatic nitrogens is 4. The zero-order chi connectivity index (χ0) is 16.6. The standard InChI is InChI=1S/C17H17N5O2/c1-12-14(15(21-24-12)13-5-2-3-8-18-13)16(23)19-11-17(6-7-17)22-10-4-9-20-22/h2-5,8-10H,6-7,11H2,1H3,(H,19,23). The van der Waals surface area contributed by atoms with Crippen molar-refractivity contribution in [2.75, 3.05) is 6.54 Å². The minimum Gasteiger partial charge on any atom is -0.360 e. The van der Waals surface area contributed by atoms with Gasteiger partial charge in [0.2, 0.25) is 0 Å². The Labute approximate surface area is 138 Å². The molecule has 0 atom stereocenters. The Kier molecular flexibility index (Phi) is 3.41. The van der Waals surface area contributed by atoms with Crippen LogP contribution < -0.4 is 5.32 Å². The zero-order valence-electron chi connectivity index (χ0n) is 13.3. The van der Waals surface area contributed by atoms with E-state index in [0.717, 1.165) is 12.8 Å². The highest BCUT2D eigenvalue weighted by Gasteiger charge is 2.45. The SMILES string of the molecule is Cc1onc(-c2ccccn2)c1C(=O)NCC1(n2cccn2)CC1. The van der Waals surface area contributed by atoms with Crippen molar-refractivity contribution in [3.8, 4) is 11.4 Å². The van der Waals surface area contributed by atoms with Gasteiger partial charge in [-0.3, -0.25) is 14.5 Å². The van der Waals surface area contributed by atoms with Gasteiger partial charge in [-0.1, -0.05) is 11.2 Å². The lowest BCUT2D eigenvalue weighted by Crippen LogP contribution is -2.36. The van der Waals surface area contributed by atoms with Crippen molar-refractivity contribution in [2.24, 2.45) is 0 Å². The fraction of sp³-hybridized carbons (Fsp3) is 0.294. The molecule has 1 aliphatic rings. The first-order valence-electron chi connectivity index (χ1n) is 7.86. The summed E-state index contributed by atoms with van der Waals surface area (Å²) in [6, 6.07) is 7.37. The van der Waals surface area contributed by atoms with E-state index in [9.17, 15) is 4.79 Å². The van der Waals surface area contributed by atoms with Gasteiger partial charge in [-0.2, -0.15) is 5.10 Å². The number of amides is 1. The number of aryl methyl sites for hydroxylation is 1. The Morgan fingerprint density at radius 2 is 2.21 bits per heavy atom. The van der Waals surface area contributed by atoms with E-state index in [0.29, 0.717) is 29.3 Å². The van der Waals surface area contributed by atoms with Crippen molar-refractivity contribution in [3.05, 3.63) is 54.2 Å². The Morgan fingerprint density at radius 1 is 1.33 bits per heavy atom. The number of pyridine rings is 1. The molecule has 0 bridgehead atoms. The van der Waals surface area contributed by atoms with Crippen molar-refractivity contribution < 1.29 is 9.32 Å². The number of carbonyl (C=O) groups is 1. The Hall–Kier alpha value is -2.96. The molecule has 0 spiro atoms. The summed E-state index contributed by atoms with van der Waals surface area (Å²) in [5.41, 5.74) is 1.42. The average molecular weight is 323 g/mol. The van der Waals surface area contributed by atoms with E-state index in [2.05, 4.69) is 20.6 Å². The lowest BCUT2D eigenvalue weighted by molar-refractivity contribution is 0.0943. The van der Waals surface area contributed by atoms with Crippen molar-refractivity contribution in [2.45, 2.75) is 25.3 Å². The molecular weight excluding hydrogens is 306 g/mol. The highest BCUT2D eigenvalue weighted by atomic mass is 16.5. The lowest BCUT2D eigenvalue weighted by Gasteiger charge is -2.16. The van der Waals surface area contributed by atoms with E-state index in [4.69, 9.17) is 4.52 Å². The number of rotatable bonds is 5. The maximum atomic E-state index is 12.7. The van der Waals surface area contributed by atoms with E-state index in [1.165, 1.54) is 0 Å². The maximum Gasteiger partial charge on any atom is 0.257 e. The molecule has 0 radical (unpaired) electrons. The summed E-state index contributed by atoms with van der Waals surface area (Å²) in [5.74, 6) is 0.282. The van der Waals surface area contributed by atoms with Gasteiger partial charge in [0.25, 0.3) is 5.91 Å². The van der Waals surface area contributed by atoms with Crippen LogP contribution in [0.1, 0.15) is 29.0 Å². The average Bonchev–Trinajstić information content (AvgIpc) is 3.02. The second kappa shape index (κ2) is 5.59. The lowest BCUT2D eigenvalue weighted by atomic mass is 10.1. The molecule has 4 rings (SSSR count). The number of hydrogen-bond acceptors (Lipinski definition) is 5. The predicted octanol–water partition coefficient (Wildman–Crippen LogP) is 2.16. The van der Waals surface area contributed by atoms with Gasteiger partial charge in [-0.25, -0.2) is 0 Å². The molecule has 3 heterocycles. The van der Waals surface area contributed by atoms with Crippen molar-refractivity contribution >= 4 is 5.91 Å². The Morgan fingerprint density at radius 3 is 2.88 bits per heavy atom. The monoisotopic (exact) mass is 323 g/mol. The van der Waals surface area contributed by atoms with Crippen LogP contribution in [0.2, 0.25) is 0 Å². The van der Waals surface area contributed by atoms with Crippen molar-refractivity contribution in [3.63, 3.8) is 0 Å². The molecule has 1 amide bonds. The molecule has 0 aliphatic heterocycles. The third-order valence-electron chi connectivity index (χ3n) is 4.39. The van der Waals surface area contributed by atoms with E-state index in [-0.39, 0.29) is 11.4 Å². The summed E-state index contributed by atoms with van der Waals surface area (Å²) in [5, 5.41) is 11.3. The van der Waals surface area contributed by atoms with Gasteiger partial charge < -0.3 is 9.84 Å². The molecule has 0 unspecified atom stereocenters. The fourth-order valence-electron chi connectivity index (χ4n) is 2.83. The minimum absolute atomic E-state index is 0.102. The summed E-state index contributed by atoms with van der Waals surface area (Å²) >= 11 is 0. The van der Waals surface area contributed by atoms with Gasteiger partial charge in [0, 0.05) is 25.1 Å². The van der Waals surface area contributed by atoms with E-state index in [1.807, 2.05) is 29.1 Å². The Balaban J connectivity index is 1.55. The topological polar surface area (TPSA) is 85.8 Å². The predicted molar refractivity (Wildman–Crippen MR) is 86.2 cm³/mol. The molecule has 24 heavy (non-hydrogen) atoms. The normalized spacial score (nSPS) is 15.2. The van der Waals surface area contributed by atoms with Gasteiger partial charge >= 0.3 is 0 Å². The quantitative estimate of drug-likeness (QED) is 0.777. The van der Waals surface area contributed by atoms with Crippen LogP contribution in [-0.2, 0) is 5.54 Å². The summed E-state index contributed by atoms with van der Waals surface area (Å²) < 4.78 is 7.15. The van der Waals surface area contributed by atoms with Crippen LogP contribution in [-0.4, -0.2) is 32.4 Å². The molecule has 3 aromatic rings. The number of carbonyl (C=O) groups excluding carboxylic acids is 1. The molecule has 7 nitrogen and oxygen atoms in total. The van der Waals surface area contributed by atoms with Gasteiger partial charge in [-0.15, -0.1) is 0 Å². The van der Waals surface area contributed by atoms with E-state index in [1.54, 1.807) is 25.4 Å². The maximum absolute atomic E-state index is 12.7. The molecule has 1 fully saturated rings. The molecule has 3 aromatic heterocycles. The third kappa shape index (κ3) is 2.47. The van der Waals surface area contributed by atoms with Crippen LogP contribution in [0.4, 0.5) is 0 Å². The first-order chi connectivity index (χ1) is 11.7. The smallest absolute Gasteiger partial charge is 0.257 e. The first-order valence-corrected chi connectivity index (χ1v) is 7.86. The first kappa shape index (κ1) is 14.6. The summed E-state index contributed by atoms with van der Waals surface area (Å²) in [6.45, 7) is 2.26. The molecule has 1 saturated carbocycles. The van der Waals surface area contributed by atoms with Crippen LogP contribution >= 0.6 is 0 Å². The highest BCUT2D eigenvalue weighted by molar-refractivity contribution is 6.00. The Bertz CT molecular complexity index is 851. The van der Waals surface area contributed by atoms with E-state index >= 15 is 0 Å². The molecule has 122 valence electrons. The van der Waals surface area contributed by atoms with Crippen LogP contribution in [0.15, 0.2) is 47.4 Å². The van der Waals surface area contributed by atoms with Gasteiger partial charge in [0.05, 0.1) is 11.2 Å². The van der Waals surface area contributed by atoms with Crippen LogP contribution in [0.5, 0.6) is 0 Å². The highest BCUT2D eigenvalue weighted by Crippen LogP contribution is 2.42. The number of hydrogen-bond donors (Lipinski definition) is 1. The summed E-state index contributed by atoms with van der Waals surface area (Å²) in [6.07, 6.45) is 7.36. The minimum atomic E-state index is -0.201. The molecule has 0 saturated heterocycles. The van der Waals surface area contributed by atoms with Crippen LogP contribution in [0.25, 0.3) is 11.4 Å². The molecular formula is C17H17N5O2. The summed E-state index contributed by atoms with van der Waals surface area (Å²) in [7, 11) is 0. The van der Waals surface area contributed by atoms with E-state index < -0.39 is 0 Å². The van der Waals surface area contributed by atoms with Gasteiger partial charge in [-0.05, 0) is 38.0 Å². The number of nitrogens with one attached hydrogen (secondary N) is 1. The van der Waals surface area contributed by atoms with Gasteiger partial charge in [0.15, 0.2) is 0 Å². The van der Waals surface area contributed by atoms with Gasteiger partial charge in [0.1, 0.15) is 17.0 Å². The largest absolute Gasteiger partial charge is 0.360 e. The van der Waals surface area contributed by atoms with Crippen molar-refractivity contribution in [1.29, 1.82) is 0 Å². The van der Waals surface area contributed by atoms with Crippen molar-refractivity contribution in [1.82, 2.24) is 25.2 Å². The molecule has 7 heteroatoms. The summed E-state index contributed by atoms with van der Waals surface area (Å²) in [4.78, 5) is 16.9. The fourth-order valence-corrected chi connectivity index (χ4v) is 2.83. The second-order valence-electron chi connectivity index (χ2n) is 6.03. The molecule has 0 aromatic carbocycles. The second-order valence-corrected chi connectivity index (χ2v) is 6.03. The number of nitrogens with zero attached hydrogens (tertiary/aromatic N) is 4. The molecule has 1 aliphatic carbocycles. The van der Waals surface area contributed by atoms with Crippen LogP contribution in [0.3, 0.4) is 0 Å². The zero-order valence-corrected chi connectivity index (χ0v) is 13.3. The third-order valence-corrected chi connectivity index (χ3v) is 4.39. The molecule has 1 N–H and O–H groups in total.